The van der Waals surface area contributed by atoms with Crippen molar-refractivity contribution in [1.29, 1.82) is 0 Å². The number of benzene rings is 2. The fraction of sp³-hybridized carbons (Fsp3) is 0. The highest BCUT2D eigenvalue weighted by atomic mass is 79.9. The van der Waals surface area contributed by atoms with Crippen molar-refractivity contribution in [2.45, 2.75) is 0 Å². The van der Waals surface area contributed by atoms with Crippen molar-refractivity contribution in [3.8, 4) is 0 Å². The fourth-order valence-electron chi connectivity index (χ4n) is 2.04. The minimum absolute atomic E-state index is 0.327. The summed E-state index contributed by atoms with van der Waals surface area (Å²) in [6, 6.07) is 17.6. The molecular weight excluding hydrogens is 316 g/mol. The van der Waals surface area contributed by atoms with Gasteiger partial charge in [0.2, 0.25) is 0 Å². The van der Waals surface area contributed by atoms with Crippen molar-refractivity contribution in [2.24, 2.45) is 0 Å². The zero-order valence-corrected chi connectivity index (χ0v) is 12.1. The summed E-state index contributed by atoms with van der Waals surface area (Å²) in [5.74, 6) is 0.260. The fourth-order valence-corrected chi connectivity index (χ4v) is 2.31. The summed E-state index contributed by atoms with van der Waals surface area (Å²) in [4.78, 5) is 11.5. The second-order valence-electron chi connectivity index (χ2n) is 4.41. The Bertz CT molecular complexity index is 698. The molecule has 2 nitrogen and oxygen atoms in total. The van der Waals surface area contributed by atoms with E-state index in [-0.39, 0.29) is 5.97 Å². The highest BCUT2D eigenvalue weighted by Crippen LogP contribution is 2.31. The summed E-state index contributed by atoms with van der Waals surface area (Å²) < 4.78 is 6.30. The summed E-state index contributed by atoms with van der Waals surface area (Å²) in [5.41, 5.74) is 2.78. The summed E-state index contributed by atoms with van der Waals surface area (Å²) in [5, 5.41) is 0. The van der Waals surface area contributed by atoms with Crippen LogP contribution in [0.25, 0.3) is 11.6 Å². The summed E-state index contributed by atoms with van der Waals surface area (Å²) in [6.45, 7) is 0. The molecule has 0 saturated carbocycles. The van der Waals surface area contributed by atoms with Gasteiger partial charge in [0.25, 0.3) is 0 Å². The Kier molecular flexibility index (Phi) is 3.52. The molecule has 0 amide bonds. The predicted octanol–water partition coefficient (Wildman–Crippen LogP) is 4.43. The van der Waals surface area contributed by atoms with Crippen LogP contribution in [0.1, 0.15) is 11.1 Å². The third-order valence-electron chi connectivity index (χ3n) is 2.99. The molecule has 0 aromatic heterocycles. The molecule has 3 rings (SSSR count). The van der Waals surface area contributed by atoms with Crippen LogP contribution in [0.2, 0.25) is 0 Å². The minimum atomic E-state index is -0.327. The Balaban J connectivity index is 1.99. The highest BCUT2D eigenvalue weighted by Gasteiger charge is 2.21. The number of carbonyl (C=O) groups is 1. The maximum Gasteiger partial charge on any atom is 0.336 e. The normalized spacial score (nSPS) is 16.1. The zero-order chi connectivity index (χ0) is 13.9. The van der Waals surface area contributed by atoms with Gasteiger partial charge in [-0.25, -0.2) is 4.79 Å². The number of allylic oxidation sites excluding steroid dienone is 1. The predicted molar refractivity (Wildman–Crippen MR) is 82.6 cm³/mol. The third kappa shape index (κ3) is 2.73. The molecule has 0 spiro atoms. The number of esters is 1. The number of ether oxygens (including phenoxy) is 1. The van der Waals surface area contributed by atoms with Crippen molar-refractivity contribution in [2.75, 3.05) is 0 Å². The van der Waals surface area contributed by atoms with Gasteiger partial charge >= 0.3 is 5.97 Å². The van der Waals surface area contributed by atoms with Crippen LogP contribution in [0.5, 0.6) is 0 Å². The maximum atomic E-state index is 11.5. The molecule has 0 fully saturated rings. The molecule has 0 unspecified atom stereocenters. The van der Waals surface area contributed by atoms with Crippen LogP contribution in [0.4, 0.5) is 0 Å². The average molecular weight is 327 g/mol. The van der Waals surface area contributed by atoms with Crippen molar-refractivity contribution in [1.82, 2.24) is 0 Å². The number of hydrogen-bond acceptors (Lipinski definition) is 2. The minimum Gasteiger partial charge on any atom is -0.423 e. The SMILES string of the molecule is O=C1C=C(c2ccccc2)C(=Cc2ccc(Br)cc2)O1. The Morgan fingerprint density at radius 2 is 1.65 bits per heavy atom. The van der Waals surface area contributed by atoms with Crippen LogP contribution >= 0.6 is 15.9 Å². The topological polar surface area (TPSA) is 26.3 Å². The highest BCUT2D eigenvalue weighted by molar-refractivity contribution is 9.10. The molecule has 0 radical (unpaired) electrons. The zero-order valence-electron chi connectivity index (χ0n) is 10.5. The van der Waals surface area contributed by atoms with E-state index in [1.165, 1.54) is 6.08 Å². The van der Waals surface area contributed by atoms with E-state index in [0.717, 1.165) is 21.2 Å². The first-order valence-corrected chi connectivity index (χ1v) is 6.98. The van der Waals surface area contributed by atoms with Crippen LogP contribution in [-0.2, 0) is 9.53 Å². The van der Waals surface area contributed by atoms with E-state index in [0.29, 0.717) is 5.76 Å². The van der Waals surface area contributed by atoms with Gasteiger partial charge in [-0.1, -0.05) is 58.4 Å². The molecular formula is C17H11BrO2. The molecule has 0 aliphatic carbocycles. The Labute approximate surface area is 125 Å². The Hall–Kier alpha value is -2.13. The maximum absolute atomic E-state index is 11.5. The largest absolute Gasteiger partial charge is 0.423 e. The lowest BCUT2D eigenvalue weighted by molar-refractivity contribution is -0.132. The van der Waals surface area contributed by atoms with Gasteiger partial charge in [0.15, 0.2) is 0 Å². The van der Waals surface area contributed by atoms with E-state index >= 15 is 0 Å². The van der Waals surface area contributed by atoms with Gasteiger partial charge in [0.1, 0.15) is 5.76 Å². The molecule has 1 aliphatic heterocycles. The molecule has 0 bridgehead atoms. The lowest BCUT2D eigenvalue weighted by Crippen LogP contribution is -1.91. The van der Waals surface area contributed by atoms with Crippen LogP contribution in [0, 0.1) is 0 Å². The lowest BCUT2D eigenvalue weighted by atomic mass is 10.0. The lowest BCUT2D eigenvalue weighted by Gasteiger charge is -2.05. The van der Waals surface area contributed by atoms with Gasteiger partial charge in [0, 0.05) is 16.1 Å². The average Bonchev–Trinajstić information content (AvgIpc) is 2.83. The molecule has 0 atom stereocenters. The van der Waals surface area contributed by atoms with Crippen molar-refractivity contribution in [3.63, 3.8) is 0 Å². The van der Waals surface area contributed by atoms with Crippen LogP contribution in [0.15, 0.2) is 70.9 Å². The number of halogens is 1. The van der Waals surface area contributed by atoms with E-state index in [4.69, 9.17) is 4.74 Å². The van der Waals surface area contributed by atoms with E-state index in [2.05, 4.69) is 15.9 Å². The van der Waals surface area contributed by atoms with Crippen LogP contribution in [0.3, 0.4) is 0 Å². The van der Waals surface area contributed by atoms with Crippen LogP contribution in [-0.4, -0.2) is 5.97 Å². The first-order valence-electron chi connectivity index (χ1n) is 6.19. The number of cyclic esters (lactones) is 1. The Morgan fingerprint density at radius 1 is 0.950 bits per heavy atom. The molecule has 2 aromatic rings. The van der Waals surface area contributed by atoms with Gasteiger partial charge in [0.05, 0.1) is 0 Å². The number of rotatable bonds is 2. The van der Waals surface area contributed by atoms with Crippen molar-refractivity contribution < 1.29 is 9.53 Å². The van der Waals surface area contributed by atoms with Crippen molar-refractivity contribution in [3.05, 3.63) is 82.0 Å². The van der Waals surface area contributed by atoms with Gasteiger partial charge in [-0.2, -0.15) is 0 Å². The number of carbonyl (C=O) groups excluding carboxylic acids is 1. The second-order valence-corrected chi connectivity index (χ2v) is 5.32. The van der Waals surface area contributed by atoms with Gasteiger partial charge < -0.3 is 4.74 Å². The molecule has 2 aromatic carbocycles. The molecule has 0 N–H and O–H groups in total. The van der Waals surface area contributed by atoms with E-state index in [1.54, 1.807) is 0 Å². The molecule has 1 heterocycles. The first kappa shape index (κ1) is 12.9. The molecule has 98 valence electrons. The second kappa shape index (κ2) is 5.47. The molecule has 20 heavy (non-hydrogen) atoms. The van der Waals surface area contributed by atoms with Gasteiger partial charge in [-0.3, -0.25) is 0 Å². The monoisotopic (exact) mass is 326 g/mol. The first-order chi connectivity index (χ1) is 9.72. The van der Waals surface area contributed by atoms with Crippen LogP contribution < -0.4 is 0 Å². The van der Waals surface area contributed by atoms with E-state index in [9.17, 15) is 4.79 Å². The standard InChI is InChI=1S/C17H11BrO2/c18-14-8-6-12(7-9-14)10-16-15(11-17(19)20-16)13-4-2-1-3-5-13/h1-11H. The molecule has 3 heteroatoms. The third-order valence-corrected chi connectivity index (χ3v) is 3.52. The van der Waals surface area contributed by atoms with E-state index in [1.807, 2.05) is 60.7 Å². The smallest absolute Gasteiger partial charge is 0.336 e. The summed E-state index contributed by atoms with van der Waals surface area (Å²) in [6.07, 6.45) is 3.40. The summed E-state index contributed by atoms with van der Waals surface area (Å²) >= 11 is 3.40. The molecule has 0 saturated heterocycles. The van der Waals surface area contributed by atoms with Crippen molar-refractivity contribution >= 4 is 33.5 Å². The molecule has 1 aliphatic rings. The van der Waals surface area contributed by atoms with E-state index < -0.39 is 0 Å². The van der Waals surface area contributed by atoms with Gasteiger partial charge in [-0.05, 0) is 29.3 Å². The Morgan fingerprint density at radius 3 is 2.35 bits per heavy atom. The summed E-state index contributed by atoms with van der Waals surface area (Å²) in [7, 11) is 0. The number of hydrogen-bond donors (Lipinski definition) is 0. The van der Waals surface area contributed by atoms with Gasteiger partial charge in [-0.15, -0.1) is 0 Å². The quantitative estimate of drug-likeness (QED) is 0.763.